The van der Waals surface area contributed by atoms with Gasteiger partial charge in [0, 0.05) is 19.2 Å². The average molecular weight is 454 g/mol. The number of benzene rings is 2. The van der Waals surface area contributed by atoms with Gasteiger partial charge in [-0.05, 0) is 24.3 Å². The van der Waals surface area contributed by atoms with E-state index in [1.807, 2.05) is 36.4 Å². The van der Waals surface area contributed by atoms with Crippen molar-refractivity contribution in [3.63, 3.8) is 0 Å². The van der Waals surface area contributed by atoms with Crippen molar-refractivity contribution < 1.29 is 9.13 Å². The highest BCUT2D eigenvalue weighted by Gasteiger charge is 2.05. The number of ether oxygens (including phenoxy) is 1. The molecule has 25 heavy (non-hydrogen) atoms. The molecule has 0 spiro atoms. The van der Waals surface area contributed by atoms with E-state index in [9.17, 15) is 4.39 Å². The van der Waals surface area contributed by atoms with E-state index in [4.69, 9.17) is 10.00 Å². The Morgan fingerprint density at radius 3 is 2.60 bits per heavy atom. The number of rotatable bonds is 6. The minimum absolute atomic E-state index is 0. The Kier molecular flexibility index (Phi) is 9.32. The smallest absolute Gasteiger partial charge is 0.191 e. The molecular formula is C18H20FIN4O. The van der Waals surface area contributed by atoms with Crippen LogP contribution >= 0.6 is 24.0 Å². The molecule has 2 aromatic rings. The minimum Gasteiger partial charge on any atom is -0.492 e. The first-order valence-electron chi connectivity index (χ1n) is 7.54. The third-order valence-corrected chi connectivity index (χ3v) is 3.26. The fourth-order valence-corrected chi connectivity index (χ4v) is 2.01. The normalized spacial score (nSPS) is 10.4. The van der Waals surface area contributed by atoms with E-state index in [1.54, 1.807) is 19.2 Å². The SMILES string of the molecule is CN=C(NCCOc1ccccc1)NCc1ccc(C#N)cc1F.I. The van der Waals surface area contributed by atoms with Gasteiger partial charge in [0.1, 0.15) is 18.2 Å². The van der Waals surface area contributed by atoms with E-state index < -0.39 is 5.82 Å². The van der Waals surface area contributed by atoms with Crippen molar-refractivity contribution in [3.8, 4) is 11.8 Å². The van der Waals surface area contributed by atoms with Crippen LogP contribution in [-0.4, -0.2) is 26.2 Å². The lowest BCUT2D eigenvalue weighted by atomic mass is 10.1. The lowest BCUT2D eigenvalue weighted by Gasteiger charge is -2.13. The first-order chi connectivity index (χ1) is 11.7. The Balaban J connectivity index is 0.00000312. The van der Waals surface area contributed by atoms with Crippen LogP contribution in [0, 0.1) is 17.1 Å². The highest BCUT2D eigenvalue weighted by Crippen LogP contribution is 2.09. The zero-order chi connectivity index (χ0) is 17.2. The van der Waals surface area contributed by atoms with Gasteiger partial charge >= 0.3 is 0 Å². The standard InChI is InChI=1S/C18H19FN4O.HI/c1-21-18(22-9-10-24-16-5-3-2-4-6-16)23-13-15-8-7-14(12-20)11-17(15)19;/h2-8,11H,9-10,13H2,1H3,(H2,21,22,23);1H. The first-order valence-corrected chi connectivity index (χ1v) is 7.54. The van der Waals surface area contributed by atoms with Crippen molar-refractivity contribution in [2.75, 3.05) is 20.2 Å². The zero-order valence-electron chi connectivity index (χ0n) is 13.8. The summed E-state index contributed by atoms with van der Waals surface area (Å²) < 4.78 is 19.4. The third-order valence-electron chi connectivity index (χ3n) is 3.26. The summed E-state index contributed by atoms with van der Waals surface area (Å²) in [7, 11) is 1.64. The molecule has 5 nitrogen and oxygen atoms in total. The summed E-state index contributed by atoms with van der Waals surface area (Å²) in [5.74, 6) is 0.946. The maximum atomic E-state index is 13.8. The number of para-hydroxylation sites is 1. The molecule has 0 unspecified atom stereocenters. The first kappa shape index (κ1) is 20.7. The Morgan fingerprint density at radius 1 is 1.20 bits per heavy atom. The maximum Gasteiger partial charge on any atom is 0.191 e. The van der Waals surface area contributed by atoms with E-state index in [-0.39, 0.29) is 30.5 Å². The van der Waals surface area contributed by atoms with E-state index in [0.717, 1.165) is 5.75 Å². The molecule has 0 amide bonds. The molecule has 0 radical (unpaired) electrons. The number of nitrogens with zero attached hydrogens (tertiary/aromatic N) is 2. The molecule has 0 fully saturated rings. The number of halogens is 2. The van der Waals surface area contributed by atoms with Crippen LogP contribution in [0.1, 0.15) is 11.1 Å². The molecule has 7 heteroatoms. The van der Waals surface area contributed by atoms with Gasteiger partial charge < -0.3 is 15.4 Å². The Hall–Kier alpha value is -2.34. The lowest BCUT2D eigenvalue weighted by Crippen LogP contribution is -2.39. The number of hydrogen-bond acceptors (Lipinski definition) is 3. The van der Waals surface area contributed by atoms with E-state index in [2.05, 4.69) is 15.6 Å². The van der Waals surface area contributed by atoms with Crippen molar-refractivity contribution in [1.29, 1.82) is 5.26 Å². The van der Waals surface area contributed by atoms with Gasteiger partial charge in [-0.3, -0.25) is 4.99 Å². The molecule has 2 aromatic carbocycles. The number of nitrogens with one attached hydrogen (secondary N) is 2. The van der Waals surface area contributed by atoms with Crippen molar-refractivity contribution in [3.05, 3.63) is 65.5 Å². The molecular weight excluding hydrogens is 434 g/mol. The molecule has 0 atom stereocenters. The number of hydrogen-bond donors (Lipinski definition) is 2. The number of nitriles is 1. The van der Waals surface area contributed by atoms with Crippen molar-refractivity contribution >= 4 is 29.9 Å². The van der Waals surface area contributed by atoms with Crippen molar-refractivity contribution in [1.82, 2.24) is 10.6 Å². The average Bonchev–Trinajstić information content (AvgIpc) is 2.62. The molecule has 132 valence electrons. The Bertz CT molecular complexity index is 732. The number of aliphatic imine (C=N–C) groups is 1. The lowest BCUT2D eigenvalue weighted by molar-refractivity contribution is 0.322. The van der Waals surface area contributed by atoms with Crippen LogP contribution in [0.4, 0.5) is 4.39 Å². The summed E-state index contributed by atoms with van der Waals surface area (Å²) in [6.07, 6.45) is 0. The zero-order valence-corrected chi connectivity index (χ0v) is 16.2. The van der Waals surface area contributed by atoms with Crippen molar-refractivity contribution in [2.24, 2.45) is 4.99 Å². The summed E-state index contributed by atoms with van der Waals surface area (Å²) >= 11 is 0. The van der Waals surface area contributed by atoms with Crippen LogP contribution < -0.4 is 15.4 Å². The van der Waals surface area contributed by atoms with E-state index in [0.29, 0.717) is 30.2 Å². The maximum absolute atomic E-state index is 13.8. The van der Waals surface area contributed by atoms with Gasteiger partial charge in [-0.1, -0.05) is 24.3 Å². The van der Waals surface area contributed by atoms with Crippen LogP contribution in [0.25, 0.3) is 0 Å². The van der Waals surface area contributed by atoms with E-state index in [1.165, 1.54) is 6.07 Å². The van der Waals surface area contributed by atoms with Gasteiger partial charge in [0.25, 0.3) is 0 Å². The van der Waals surface area contributed by atoms with Gasteiger partial charge in [0.05, 0.1) is 18.2 Å². The summed E-state index contributed by atoms with van der Waals surface area (Å²) in [6, 6.07) is 15.8. The fraction of sp³-hybridized carbons (Fsp3) is 0.222. The predicted octanol–water partition coefficient (Wildman–Crippen LogP) is 3.06. The largest absolute Gasteiger partial charge is 0.492 e. The third kappa shape index (κ3) is 6.97. The quantitative estimate of drug-likeness (QED) is 0.305. The molecule has 0 saturated heterocycles. The Morgan fingerprint density at radius 2 is 1.96 bits per heavy atom. The van der Waals surface area contributed by atoms with Gasteiger partial charge in [-0.2, -0.15) is 5.26 Å². The van der Waals surface area contributed by atoms with Crippen molar-refractivity contribution in [2.45, 2.75) is 6.54 Å². The second-order valence-electron chi connectivity index (χ2n) is 4.93. The highest BCUT2D eigenvalue weighted by atomic mass is 127. The van der Waals surface area contributed by atoms with Crippen LogP contribution in [-0.2, 0) is 6.54 Å². The second kappa shape index (κ2) is 11.3. The molecule has 0 aliphatic rings. The molecule has 0 aromatic heterocycles. The van der Waals surface area contributed by atoms with Gasteiger partial charge in [-0.25, -0.2) is 4.39 Å². The summed E-state index contributed by atoms with van der Waals surface area (Å²) in [5, 5.41) is 14.9. The summed E-state index contributed by atoms with van der Waals surface area (Å²) in [6.45, 7) is 1.32. The highest BCUT2D eigenvalue weighted by molar-refractivity contribution is 14.0. The molecule has 2 N–H and O–H groups in total. The predicted molar refractivity (Wildman–Crippen MR) is 107 cm³/mol. The monoisotopic (exact) mass is 454 g/mol. The van der Waals surface area contributed by atoms with Crippen LogP contribution in [0.2, 0.25) is 0 Å². The van der Waals surface area contributed by atoms with Crippen LogP contribution in [0.3, 0.4) is 0 Å². The molecule has 0 bridgehead atoms. The fourth-order valence-electron chi connectivity index (χ4n) is 2.01. The van der Waals surface area contributed by atoms with E-state index >= 15 is 0 Å². The van der Waals surface area contributed by atoms with Crippen LogP contribution in [0.15, 0.2) is 53.5 Å². The number of guanidine groups is 1. The molecule has 0 aliphatic heterocycles. The van der Waals surface area contributed by atoms with Gasteiger partial charge in [0.15, 0.2) is 5.96 Å². The summed E-state index contributed by atoms with van der Waals surface area (Å²) in [5.41, 5.74) is 0.773. The minimum atomic E-state index is -0.413. The molecule has 0 heterocycles. The Labute approximate surface area is 163 Å². The second-order valence-corrected chi connectivity index (χ2v) is 4.93. The summed E-state index contributed by atoms with van der Waals surface area (Å²) in [4.78, 5) is 4.08. The molecule has 2 rings (SSSR count). The van der Waals surface area contributed by atoms with Gasteiger partial charge in [-0.15, -0.1) is 24.0 Å². The molecule has 0 aliphatic carbocycles. The van der Waals surface area contributed by atoms with Crippen LogP contribution in [0.5, 0.6) is 5.75 Å². The topological polar surface area (TPSA) is 69.4 Å². The van der Waals surface area contributed by atoms with Gasteiger partial charge in [0.2, 0.25) is 0 Å². The molecule has 0 saturated carbocycles.